The Morgan fingerprint density at radius 2 is 1.92 bits per heavy atom. The molecule has 1 unspecified atom stereocenters. The summed E-state index contributed by atoms with van der Waals surface area (Å²) in [5.74, 6) is 0.0848. The molecule has 0 aromatic carbocycles. The van der Waals surface area contributed by atoms with E-state index in [1.54, 1.807) is 0 Å². The van der Waals surface area contributed by atoms with Crippen LogP contribution in [-0.4, -0.2) is 44.1 Å². The van der Waals surface area contributed by atoms with Gasteiger partial charge in [0.2, 0.25) is 0 Å². The first kappa shape index (κ1) is 13.2. The van der Waals surface area contributed by atoms with Gasteiger partial charge in [-0.1, -0.05) is 6.92 Å². The molecule has 13 heavy (non-hydrogen) atoms. The van der Waals surface area contributed by atoms with Crippen molar-refractivity contribution in [3.8, 4) is 0 Å². The lowest BCUT2D eigenvalue weighted by molar-refractivity contribution is 0.106. The van der Waals surface area contributed by atoms with E-state index in [0.29, 0.717) is 6.04 Å². The first-order chi connectivity index (χ1) is 6.10. The molecule has 0 spiro atoms. The molecule has 0 heterocycles. The van der Waals surface area contributed by atoms with E-state index in [-0.39, 0.29) is 12.4 Å². The quantitative estimate of drug-likeness (QED) is 0.507. The molecule has 0 fully saturated rings. The molecular formula is C6H16O5SSi. The van der Waals surface area contributed by atoms with Gasteiger partial charge >= 0.3 is 8.80 Å². The highest BCUT2D eigenvalue weighted by molar-refractivity contribution is 7.79. The van der Waals surface area contributed by atoms with Crippen LogP contribution in [-0.2, 0) is 24.4 Å². The Bertz CT molecular complexity index is 153. The Labute approximate surface area is 82.0 Å². The van der Waals surface area contributed by atoms with E-state index in [0.717, 1.165) is 0 Å². The normalized spacial score (nSPS) is 14.5. The number of hydrogen-bond donors (Lipinski definition) is 1. The van der Waals surface area contributed by atoms with Crippen LogP contribution in [0.25, 0.3) is 0 Å². The van der Waals surface area contributed by atoms with E-state index in [4.69, 9.17) is 17.8 Å². The summed E-state index contributed by atoms with van der Waals surface area (Å²) in [6.45, 7) is 2.08. The van der Waals surface area contributed by atoms with E-state index < -0.39 is 19.9 Å². The Hall–Kier alpha value is 0.207. The van der Waals surface area contributed by atoms with Gasteiger partial charge in [0.25, 0.3) is 0 Å². The second-order valence-electron chi connectivity index (χ2n) is 2.32. The minimum Gasteiger partial charge on any atom is -0.377 e. The maximum atomic E-state index is 10.3. The van der Waals surface area contributed by atoms with Crippen LogP contribution in [0.15, 0.2) is 0 Å². The topological polar surface area (TPSA) is 65.0 Å². The lowest BCUT2D eigenvalue weighted by Gasteiger charge is -2.24. The molecule has 0 rings (SSSR count). The molecule has 0 aliphatic heterocycles. The second-order valence-corrected chi connectivity index (χ2v) is 6.55. The lowest BCUT2D eigenvalue weighted by Crippen LogP contribution is -2.43. The first-order valence-electron chi connectivity index (χ1n) is 3.92. The van der Waals surface area contributed by atoms with Crippen LogP contribution in [0, 0.1) is 0 Å². The van der Waals surface area contributed by atoms with E-state index in [2.05, 4.69) is 0 Å². The Balaban J connectivity index is 3.88. The highest BCUT2D eigenvalue weighted by Gasteiger charge is 2.36. The van der Waals surface area contributed by atoms with E-state index in [1.165, 1.54) is 14.2 Å². The Morgan fingerprint density at radius 3 is 2.23 bits per heavy atom. The molecule has 0 aliphatic rings. The zero-order chi connectivity index (χ0) is 10.3. The van der Waals surface area contributed by atoms with Crippen LogP contribution in [0.1, 0.15) is 6.92 Å². The maximum absolute atomic E-state index is 10.3. The predicted molar refractivity (Wildman–Crippen MR) is 51.8 cm³/mol. The van der Waals surface area contributed by atoms with Gasteiger partial charge in [0.05, 0.1) is 12.4 Å². The second kappa shape index (κ2) is 6.63. The van der Waals surface area contributed by atoms with Crippen molar-refractivity contribution in [3.63, 3.8) is 0 Å². The summed E-state index contributed by atoms with van der Waals surface area (Å²) in [5, 5.41) is 0. The van der Waals surface area contributed by atoms with Gasteiger partial charge in [-0.05, 0) is 0 Å². The molecule has 0 saturated heterocycles. The fourth-order valence-corrected chi connectivity index (χ4v) is 2.83. The Kier molecular flexibility index (Phi) is 6.74. The monoisotopic (exact) mass is 228 g/mol. The van der Waals surface area contributed by atoms with Gasteiger partial charge in [-0.3, -0.25) is 0 Å². The van der Waals surface area contributed by atoms with Crippen LogP contribution in [0.2, 0.25) is 6.04 Å². The van der Waals surface area contributed by atoms with Crippen LogP contribution in [0.4, 0.5) is 0 Å². The summed E-state index contributed by atoms with van der Waals surface area (Å²) >= 11 is -1.82. The minimum absolute atomic E-state index is 0.0848. The third-order valence-corrected chi connectivity index (χ3v) is 4.90. The predicted octanol–water partition coefficient (Wildman–Crippen LogP) is 0.476. The van der Waals surface area contributed by atoms with Gasteiger partial charge in [-0.15, -0.1) is 0 Å². The number of rotatable bonds is 7. The van der Waals surface area contributed by atoms with E-state index in [9.17, 15) is 4.21 Å². The van der Waals surface area contributed by atoms with E-state index in [1.807, 2.05) is 6.92 Å². The highest BCUT2D eigenvalue weighted by atomic mass is 32.2. The van der Waals surface area contributed by atoms with Gasteiger partial charge in [0.15, 0.2) is 11.1 Å². The van der Waals surface area contributed by atoms with E-state index >= 15 is 0 Å². The largest absolute Gasteiger partial charge is 0.500 e. The molecule has 0 saturated carbocycles. The third-order valence-electron chi connectivity index (χ3n) is 1.63. The summed E-state index contributed by atoms with van der Waals surface area (Å²) in [6, 6.07) is 0.651. The van der Waals surface area contributed by atoms with Gasteiger partial charge < -0.3 is 17.8 Å². The summed E-state index contributed by atoms with van der Waals surface area (Å²) < 4.78 is 34.4. The molecule has 0 aromatic rings. The van der Waals surface area contributed by atoms with Crippen molar-refractivity contribution < 1.29 is 22.0 Å². The summed E-state index contributed by atoms with van der Waals surface area (Å²) in [6.07, 6.45) is 0. The maximum Gasteiger partial charge on any atom is 0.500 e. The third kappa shape index (κ3) is 4.84. The standard InChI is InChI=1S/C6H16O5SSi/c1-4-13(9-2,10-3)11-5-6-12(7)8/h4-6H2,1-3H3,(H,7,8). The van der Waals surface area contributed by atoms with Crippen molar-refractivity contribution in [2.24, 2.45) is 0 Å². The lowest BCUT2D eigenvalue weighted by atomic mass is 10.9. The fourth-order valence-electron chi connectivity index (χ4n) is 0.860. The summed E-state index contributed by atoms with van der Waals surface area (Å²) in [7, 11) is 0.516. The van der Waals surface area contributed by atoms with Crippen LogP contribution in [0.5, 0.6) is 0 Å². The van der Waals surface area contributed by atoms with Gasteiger partial charge in [0, 0.05) is 20.3 Å². The fraction of sp³-hybridized carbons (Fsp3) is 1.00. The van der Waals surface area contributed by atoms with Crippen LogP contribution >= 0.6 is 0 Å². The van der Waals surface area contributed by atoms with Gasteiger partial charge in [-0.2, -0.15) is 0 Å². The van der Waals surface area contributed by atoms with Crippen molar-refractivity contribution in [1.82, 2.24) is 0 Å². The molecule has 7 heteroatoms. The Morgan fingerprint density at radius 1 is 1.38 bits per heavy atom. The molecule has 0 amide bonds. The van der Waals surface area contributed by atoms with Crippen molar-refractivity contribution in [3.05, 3.63) is 0 Å². The molecule has 80 valence electrons. The summed E-state index contributed by atoms with van der Waals surface area (Å²) in [5.41, 5.74) is 0. The average molecular weight is 228 g/mol. The molecule has 0 radical (unpaired) electrons. The smallest absolute Gasteiger partial charge is 0.377 e. The summed E-state index contributed by atoms with van der Waals surface area (Å²) in [4.78, 5) is 0. The van der Waals surface area contributed by atoms with Crippen molar-refractivity contribution >= 4 is 19.9 Å². The first-order valence-corrected chi connectivity index (χ1v) is 7.12. The molecule has 0 aromatic heterocycles. The van der Waals surface area contributed by atoms with Crippen LogP contribution < -0.4 is 0 Å². The van der Waals surface area contributed by atoms with Crippen LogP contribution in [0.3, 0.4) is 0 Å². The van der Waals surface area contributed by atoms with Gasteiger partial charge in [0.1, 0.15) is 0 Å². The van der Waals surface area contributed by atoms with Crippen molar-refractivity contribution in [1.29, 1.82) is 0 Å². The molecule has 0 aliphatic carbocycles. The average Bonchev–Trinajstić information content (AvgIpc) is 2.13. The highest BCUT2D eigenvalue weighted by Crippen LogP contribution is 2.12. The van der Waals surface area contributed by atoms with Gasteiger partial charge in [-0.25, -0.2) is 4.21 Å². The van der Waals surface area contributed by atoms with Crippen molar-refractivity contribution in [2.75, 3.05) is 26.6 Å². The van der Waals surface area contributed by atoms with Crippen molar-refractivity contribution in [2.45, 2.75) is 13.0 Å². The zero-order valence-corrected chi connectivity index (χ0v) is 9.93. The molecule has 1 atom stereocenters. The zero-order valence-electron chi connectivity index (χ0n) is 8.11. The minimum atomic E-state index is -2.53. The number of hydrogen-bond acceptors (Lipinski definition) is 4. The molecule has 0 bridgehead atoms. The molecule has 5 nitrogen and oxygen atoms in total. The molecular weight excluding hydrogens is 212 g/mol. The molecule has 1 N–H and O–H groups in total. The SMILES string of the molecule is CC[Si](OC)(OC)OCCS(=O)O.